The summed E-state index contributed by atoms with van der Waals surface area (Å²) in [5.41, 5.74) is 8.75. The number of nitrogens with zero attached hydrogens (tertiary/aromatic N) is 1. The van der Waals surface area contributed by atoms with E-state index in [2.05, 4.69) is 10.3 Å². The largest absolute Gasteiger partial charge is 0.346 e. The van der Waals surface area contributed by atoms with Gasteiger partial charge < -0.3 is 11.1 Å². The lowest BCUT2D eigenvalue weighted by atomic mass is 10.0. The molecular formula is C16H19N3O. The molecule has 1 aromatic carbocycles. The molecule has 3 N–H and O–H groups in total. The van der Waals surface area contributed by atoms with Crippen molar-refractivity contribution in [1.29, 1.82) is 0 Å². The van der Waals surface area contributed by atoms with Crippen molar-refractivity contribution in [3.63, 3.8) is 0 Å². The second kappa shape index (κ2) is 6.30. The van der Waals surface area contributed by atoms with E-state index in [4.69, 9.17) is 5.73 Å². The Hall–Kier alpha value is -2.20. The molecule has 0 radical (unpaired) electrons. The van der Waals surface area contributed by atoms with Crippen LogP contribution >= 0.6 is 0 Å². The molecular weight excluding hydrogens is 250 g/mol. The van der Waals surface area contributed by atoms with Crippen molar-refractivity contribution < 1.29 is 4.79 Å². The number of benzene rings is 1. The van der Waals surface area contributed by atoms with Crippen molar-refractivity contribution in [2.24, 2.45) is 5.73 Å². The number of pyridine rings is 1. The third-order valence-corrected chi connectivity index (χ3v) is 3.21. The van der Waals surface area contributed by atoms with Crippen LogP contribution in [-0.2, 0) is 4.79 Å². The zero-order valence-electron chi connectivity index (χ0n) is 11.7. The summed E-state index contributed by atoms with van der Waals surface area (Å²) in [6.07, 6.45) is 1.71. The number of nitrogens with one attached hydrogen (secondary N) is 1. The van der Waals surface area contributed by atoms with Gasteiger partial charge in [0.2, 0.25) is 5.91 Å². The van der Waals surface area contributed by atoms with Gasteiger partial charge in [-0.3, -0.25) is 9.78 Å². The van der Waals surface area contributed by atoms with Gasteiger partial charge in [-0.1, -0.05) is 35.9 Å². The fraction of sp³-hybridized carbons (Fsp3) is 0.250. The number of nitrogens with two attached hydrogens (primary N) is 1. The van der Waals surface area contributed by atoms with Gasteiger partial charge in [0.05, 0.1) is 11.7 Å². The van der Waals surface area contributed by atoms with E-state index >= 15 is 0 Å². The fourth-order valence-electron chi connectivity index (χ4n) is 1.93. The zero-order chi connectivity index (χ0) is 14.5. The van der Waals surface area contributed by atoms with Crippen molar-refractivity contribution in [1.82, 2.24) is 10.3 Å². The highest BCUT2D eigenvalue weighted by Gasteiger charge is 2.18. The molecule has 1 unspecified atom stereocenters. The van der Waals surface area contributed by atoms with Crippen molar-refractivity contribution in [2.45, 2.75) is 25.9 Å². The van der Waals surface area contributed by atoms with Gasteiger partial charge in [-0.25, -0.2) is 0 Å². The van der Waals surface area contributed by atoms with Gasteiger partial charge in [-0.05, 0) is 31.5 Å². The average molecular weight is 269 g/mol. The first-order valence-electron chi connectivity index (χ1n) is 6.61. The summed E-state index contributed by atoms with van der Waals surface area (Å²) < 4.78 is 0. The molecule has 2 rings (SSSR count). The van der Waals surface area contributed by atoms with Crippen LogP contribution in [0.4, 0.5) is 0 Å². The van der Waals surface area contributed by atoms with Crippen LogP contribution in [0.2, 0.25) is 0 Å². The number of carbonyl (C=O) groups excluding carboxylic acids is 1. The number of rotatable bonds is 4. The SMILES string of the molecule is Cc1ccc(C(N)C(=O)N[C@H](C)c2ccccn2)cc1. The third kappa shape index (κ3) is 3.42. The maximum Gasteiger partial charge on any atom is 0.242 e. The second-order valence-corrected chi connectivity index (χ2v) is 4.87. The Labute approximate surface area is 119 Å². The summed E-state index contributed by atoms with van der Waals surface area (Å²) in [6.45, 7) is 3.89. The van der Waals surface area contributed by atoms with Crippen molar-refractivity contribution in [3.8, 4) is 0 Å². The Morgan fingerprint density at radius 2 is 1.90 bits per heavy atom. The Bertz CT molecular complexity index is 566. The maximum atomic E-state index is 12.1. The minimum Gasteiger partial charge on any atom is -0.346 e. The molecule has 2 atom stereocenters. The molecule has 0 aliphatic rings. The van der Waals surface area contributed by atoms with Crippen LogP contribution in [0.15, 0.2) is 48.7 Å². The first-order chi connectivity index (χ1) is 9.58. The smallest absolute Gasteiger partial charge is 0.242 e. The van der Waals surface area contributed by atoms with E-state index in [-0.39, 0.29) is 11.9 Å². The van der Waals surface area contributed by atoms with E-state index in [1.54, 1.807) is 6.20 Å². The molecule has 0 fully saturated rings. The van der Waals surface area contributed by atoms with Crippen LogP contribution in [0, 0.1) is 6.92 Å². The van der Waals surface area contributed by atoms with Crippen molar-refractivity contribution in [2.75, 3.05) is 0 Å². The summed E-state index contributed by atoms with van der Waals surface area (Å²) in [7, 11) is 0. The van der Waals surface area contributed by atoms with Gasteiger partial charge in [0.15, 0.2) is 0 Å². The molecule has 104 valence electrons. The van der Waals surface area contributed by atoms with Gasteiger partial charge in [0, 0.05) is 6.20 Å². The quantitative estimate of drug-likeness (QED) is 0.894. The lowest BCUT2D eigenvalue weighted by Gasteiger charge is -2.17. The number of carbonyl (C=O) groups is 1. The van der Waals surface area contributed by atoms with Gasteiger partial charge >= 0.3 is 0 Å². The molecule has 4 nitrogen and oxygen atoms in total. The van der Waals surface area contributed by atoms with E-state index < -0.39 is 6.04 Å². The highest BCUT2D eigenvalue weighted by molar-refractivity contribution is 5.83. The molecule has 1 aromatic heterocycles. The van der Waals surface area contributed by atoms with Gasteiger partial charge in [-0.2, -0.15) is 0 Å². The average Bonchev–Trinajstić information content (AvgIpc) is 2.48. The summed E-state index contributed by atoms with van der Waals surface area (Å²) in [5, 5.41) is 2.88. The van der Waals surface area contributed by atoms with Crippen molar-refractivity contribution in [3.05, 3.63) is 65.5 Å². The molecule has 2 aromatic rings. The van der Waals surface area contributed by atoms with E-state index in [0.717, 1.165) is 16.8 Å². The minimum atomic E-state index is -0.665. The number of hydrogen-bond donors (Lipinski definition) is 2. The van der Waals surface area contributed by atoms with Crippen LogP contribution in [0.1, 0.15) is 35.8 Å². The predicted octanol–water partition coefficient (Wildman–Crippen LogP) is 2.27. The highest BCUT2D eigenvalue weighted by atomic mass is 16.2. The molecule has 20 heavy (non-hydrogen) atoms. The number of hydrogen-bond acceptors (Lipinski definition) is 3. The predicted molar refractivity (Wildman–Crippen MR) is 78.9 cm³/mol. The van der Waals surface area contributed by atoms with Crippen LogP contribution in [-0.4, -0.2) is 10.9 Å². The minimum absolute atomic E-state index is 0.166. The Morgan fingerprint density at radius 1 is 1.20 bits per heavy atom. The summed E-state index contributed by atoms with van der Waals surface area (Å²) >= 11 is 0. The van der Waals surface area contributed by atoms with E-state index in [1.807, 2.05) is 56.3 Å². The fourth-order valence-corrected chi connectivity index (χ4v) is 1.93. The maximum absolute atomic E-state index is 12.1. The summed E-state index contributed by atoms with van der Waals surface area (Å²) in [6, 6.07) is 12.4. The highest BCUT2D eigenvalue weighted by Crippen LogP contribution is 2.14. The molecule has 1 amide bonds. The normalized spacial score (nSPS) is 13.6. The van der Waals surface area contributed by atoms with Gasteiger partial charge in [0.1, 0.15) is 6.04 Å². The molecule has 0 aliphatic heterocycles. The second-order valence-electron chi connectivity index (χ2n) is 4.87. The molecule has 4 heteroatoms. The molecule has 0 bridgehead atoms. The summed E-state index contributed by atoms with van der Waals surface area (Å²) in [5.74, 6) is -0.202. The summed E-state index contributed by atoms with van der Waals surface area (Å²) in [4.78, 5) is 16.4. The standard InChI is InChI=1S/C16H19N3O/c1-11-6-8-13(9-7-11)15(17)16(20)19-12(2)14-5-3-4-10-18-14/h3-10,12,15H,17H2,1-2H3,(H,19,20)/t12-,15?/m1/s1. The van der Waals surface area contributed by atoms with Crippen LogP contribution < -0.4 is 11.1 Å². The van der Waals surface area contributed by atoms with E-state index in [0.29, 0.717) is 0 Å². The monoisotopic (exact) mass is 269 g/mol. The topological polar surface area (TPSA) is 68.0 Å². The Morgan fingerprint density at radius 3 is 2.50 bits per heavy atom. The molecule has 1 heterocycles. The van der Waals surface area contributed by atoms with Gasteiger partial charge in [-0.15, -0.1) is 0 Å². The van der Waals surface area contributed by atoms with E-state index in [9.17, 15) is 4.79 Å². The molecule has 0 saturated carbocycles. The number of aryl methyl sites for hydroxylation is 1. The Balaban J connectivity index is 2.02. The van der Waals surface area contributed by atoms with E-state index in [1.165, 1.54) is 0 Å². The number of amides is 1. The number of aromatic nitrogens is 1. The first-order valence-corrected chi connectivity index (χ1v) is 6.61. The third-order valence-electron chi connectivity index (χ3n) is 3.21. The molecule has 0 aliphatic carbocycles. The molecule has 0 saturated heterocycles. The lowest BCUT2D eigenvalue weighted by molar-refractivity contribution is -0.123. The van der Waals surface area contributed by atoms with Crippen LogP contribution in [0.25, 0.3) is 0 Å². The van der Waals surface area contributed by atoms with Crippen LogP contribution in [0.3, 0.4) is 0 Å². The molecule has 0 spiro atoms. The lowest BCUT2D eigenvalue weighted by Crippen LogP contribution is -2.35. The van der Waals surface area contributed by atoms with Gasteiger partial charge in [0.25, 0.3) is 0 Å². The van der Waals surface area contributed by atoms with Crippen LogP contribution in [0.5, 0.6) is 0 Å². The Kier molecular flexibility index (Phi) is 4.48. The first kappa shape index (κ1) is 14.2. The van der Waals surface area contributed by atoms with Crippen molar-refractivity contribution >= 4 is 5.91 Å². The zero-order valence-corrected chi connectivity index (χ0v) is 11.7.